The lowest BCUT2D eigenvalue weighted by molar-refractivity contribution is 0.142. The van der Waals surface area contributed by atoms with Crippen molar-refractivity contribution in [1.29, 1.82) is 0 Å². The van der Waals surface area contributed by atoms with Gasteiger partial charge in [-0.1, -0.05) is 12.1 Å². The lowest BCUT2D eigenvalue weighted by Crippen LogP contribution is -2.54. The highest BCUT2D eigenvalue weighted by molar-refractivity contribution is 5.68. The van der Waals surface area contributed by atoms with Gasteiger partial charge in [-0.2, -0.15) is 0 Å². The van der Waals surface area contributed by atoms with E-state index in [1.807, 2.05) is 18.2 Å². The van der Waals surface area contributed by atoms with Crippen molar-refractivity contribution in [3.8, 4) is 11.1 Å². The van der Waals surface area contributed by atoms with E-state index in [-0.39, 0.29) is 5.82 Å². The first-order valence-electron chi connectivity index (χ1n) is 6.73. The van der Waals surface area contributed by atoms with Crippen LogP contribution in [-0.4, -0.2) is 24.0 Å². The second-order valence-corrected chi connectivity index (χ2v) is 5.43. The fourth-order valence-corrected chi connectivity index (χ4v) is 2.64. The maximum Gasteiger partial charge on any atom is 0.123 e. The summed E-state index contributed by atoms with van der Waals surface area (Å²) in [6.07, 6.45) is 0. The minimum Gasteiger partial charge on any atom is -0.399 e. The molecule has 1 aliphatic rings. The van der Waals surface area contributed by atoms with Crippen LogP contribution in [0.5, 0.6) is 0 Å². The van der Waals surface area contributed by atoms with Crippen LogP contribution in [0.1, 0.15) is 5.56 Å². The van der Waals surface area contributed by atoms with E-state index in [0.29, 0.717) is 11.7 Å². The normalized spacial score (nSPS) is 16.1. The SMILES string of the molecule is Nc1cc(CN2CC(N)C2)cc(-c2cccc(F)c2)c1. The third-order valence-corrected chi connectivity index (χ3v) is 3.56. The molecular formula is C16H18FN3. The van der Waals surface area contributed by atoms with Crippen molar-refractivity contribution in [3.63, 3.8) is 0 Å². The minimum atomic E-state index is -0.236. The smallest absolute Gasteiger partial charge is 0.123 e. The van der Waals surface area contributed by atoms with E-state index in [1.54, 1.807) is 6.07 Å². The molecule has 3 rings (SSSR count). The van der Waals surface area contributed by atoms with E-state index in [1.165, 1.54) is 12.1 Å². The van der Waals surface area contributed by atoms with Gasteiger partial charge in [0.05, 0.1) is 0 Å². The molecule has 0 unspecified atom stereocenters. The molecule has 0 atom stereocenters. The van der Waals surface area contributed by atoms with Crippen molar-refractivity contribution < 1.29 is 4.39 Å². The molecule has 1 aliphatic heterocycles. The summed E-state index contributed by atoms with van der Waals surface area (Å²) < 4.78 is 13.3. The van der Waals surface area contributed by atoms with Crippen LogP contribution < -0.4 is 11.5 Å². The highest BCUT2D eigenvalue weighted by Crippen LogP contribution is 2.25. The molecule has 2 aromatic carbocycles. The maximum atomic E-state index is 13.3. The average Bonchev–Trinajstić information content (AvgIpc) is 2.36. The van der Waals surface area contributed by atoms with Gasteiger partial charge in [0.25, 0.3) is 0 Å². The molecule has 0 spiro atoms. The zero-order chi connectivity index (χ0) is 14.1. The predicted octanol–water partition coefficient (Wildman–Crippen LogP) is 2.22. The van der Waals surface area contributed by atoms with Gasteiger partial charge < -0.3 is 11.5 Å². The van der Waals surface area contributed by atoms with Crippen LogP contribution >= 0.6 is 0 Å². The van der Waals surface area contributed by atoms with E-state index in [9.17, 15) is 4.39 Å². The number of nitrogens with two attached hydrogens (primary N) is 2. The molecule has 2 aromatic rings. The van der Waals surface area contributed by atoms with E-state index in [2.05, 4.69) is 11.0 Å². The third-order valence-electron chi connectivity index (χ3n) is 3.56. The van der Waals surface area contributed by atoms with Gasteiger partial charge >= 0.3 is 0 Å². The summed E-state index contributed by atoms with van der Waals surface area (Å²) in [7, 11) is 0. The summed E-state index contributed by atoms with van der Waals surface area (Å²) in [5, 5.41) is 0. The first-order chi connectivity index (χ1) is 9.60. The molecule has 1 fully saturated rings. The standard InChI is InChI=1S/C16H18FN3/c17-14-3-1-2-12(6-14)13-4-11(5-15(18)7-13)8-20-9-16(19)10-20/h1-7,16H,8-10,18-19H2. The molecule has 104 valence electrons. The molecular weight excluding hydrogens is 253 g/mol. The number of benzene rings is 2. The highest BCUT2D eigenvalue weighted by atomic mass is 19.1. The average molecular weight is 271 g/mol. The number of hydrogen-bond acceptors (Lipinski definition) is 3. The Bertz CT molecular complexity index is 621. The molecule has 0 radical (unpaired) electrons. The Morgan fingerprint density at radius 2 is 1.90 bits per heavy atom. The summed E-state index contributed by atoms with van der Waals surface area (Å²) in [5.74, 6) is -0.236. The predicted molar refractivity (Wildman–Crippen MR) is 79.5 cm³/mol. The molecule has 4 N–H and O–H groups in total. The van der Waals surface area contributed by atoms with Crippen molar-refractivity contribution in [2.24, 2.45) is 5.73 Å². The van der Waals surface area contributed by atoms with Crippen LogP contribution in [0.4, 0.5) is 10.1 Å². The quantitative estimate of drug-likeness (QED) is 0.842. The lowest BCUT2D eigenvalue weighted by Gasteiger charge is -2.36. The van der Waals surface area contributed by atoms with Gasteiger partial charge in [-0.3, -0.25) is 4.90 Å². The topological polar surface area (TPSA) is 55.3 Å². The second kappa shape index (κ2) is 5.23. The van der Waals surface area contributed by atoms with Crippen LogP contribution in [0.15, 0.2) is 42.5 Å². The number of nitrogens with zero attached hydrogens (tertiary/aromatic N) is 1. The molecule has 20 heavy (non-hydrogen) atoms. The molecule has 0 saturated carbocycles. The molecule has 1 heterocycles. The first kappa shape index (κ1) is 13.1. The van der Waals surface area contributed by atoms with Crippen LogP contribution in [0.2, 0.25) is 0 Å². The van der Waals surface area contributed by atoms with Crippen LogP contribution in [0.25, 0.3) is 11.1 Å². The summed E-state index contributed by atoms with van der Waals surface area (Å²) in [4.78, 5) is 2.27. The number of likely N-dealkylation sites (tertiary alicyclic amines) is 1. The van der Waals surface area contributed by atoms with E-state index in [4.69, 9.17) is 11.5 Å². The number of hydrogen-bond donors (Lipinski definition) is 2. The van der Waals surface area contributed by atoms with Gasteiger partial charge in [0.2, 0.25) is 0 Å². The lowest BCUT2D eigenvalue weighted by atomic mass is 10.0. The summed E-state index contributed by atoms with van der Waals surface area (Å²) >= 11 is 0. The van der Waals surface area contributed by atoms with E-state index in [0.717, 1.165) is 36.3 Å². The largest absolute Gasteiger partial charge is 0.399 e. The molecule has 1 saturated heterocycles. The summed E-state index contributed by atoms with van der Waals surface area (Å²) in [5.41, 5.74) is 15.4. The second-order valence-electron chi connectivity index (χ2n) is 5.43. The van der Waals surface area contributed by atoms with Crippen LogP contribution in [0, 0.1) is 5.82 Å². The molecule has 4 heteroatoms. The number of halogens is 1. The maximum absolute atomic E-state index is 13.3. The van der Waals surface area contributed by atoms with E-state index < -0.39 is 0 Å². The Morgan fingerprint density at radius 3 is 2.60 bits per heavy atom. The molecule has 0 amide bonds. The first-order valence-corrected chi connectivity index (χ1v) is 6.73. The molecule has 0 bridgehead atoms. The van der Waals surface area contributed by atoms with Gasteiger partial charge in [-0.25, -0.2) is 4.39 Å². The van der Waals surface area contributed by atoms with Crippen LogP contribution in [-0.2, 0) is 6.54 Å². The molecule has 0 aliphatic carbocycles. The fraction of sp³-hybridized carbons (Fsp3) is 0.250. The van der Waals surface area contributed by atoms with Crippen molar-refractivity contribution in [2.75, 3.05) is 18.8 Å². The van der Waals surface area contributed by atoms with Gasteiger partial charge in [0, 0.05) is 31.4 Å². The minimum absolute atomic E-state index is 0.236. The Kier molecular flexibility index (Phi) is 3.42. The monoisotopic (exact) mass is 271 g/mol. The van der Waals surface area contributed by atoms with Gasteiger partial charge in [0.15, 0.2) is 0 Å². The van der Waals surface area contributed by atoms with Crippen molar-refractivity contribution >= 4 is 5.69 Å². The van der Waals surface area contributed by atoms with Crippen molar-refractivity contribution in [3.05, 3.63) is 53.8 Å². The van der Waals surface area contributed by atoms with Crippen molar-refractivity contribution in [1.82, 2.24) is 4.90 Å². The zero-order valence-corrected chi connectivity index (χ0v) is 11.2. The fourth-order valence-electron chi connectivity index (χ4n) is 2.64. The number of anilines is 1. The van der Waals surface area contributed by atoms with Gasteiger partial charge in [-0.05, 0) is 47.0 Å². The Balaban J connectivity index is 1.86. The van der Waals surface area contributed by atoms with Gasteiger partial charge in [-0.15, -0.1) is 0 Å². The summed E-state index contributed by atoms with van der Waals surface area (Å²) in [6.45, 7) is 2.68. The number of rotatable bonds is 3. The van der Waals surface area contributed by atoms with Crippen LogP contribution in [0.3, 0.4) is 0 Å². The van der Waals surface area contributed by atoms with Gasteiger partial charge in [0.1, 0.15) is 5.82 Å². The zero-order valence-electron chi connectivity index (χ0n) is 11.2. The Labute approximate surface area is 118 Å². The Hall–Kier alpha value is -1.91. The molecule has 3 nitrogen and oxygen atoms in total. The van der Waals surface area contributed by atoms with E-state index >= 15 is 0 Å². The third kappa shape index (κ3) is 2.81. The highest BCUT2D eigenvalue weighted by Gasteiger charge is 2.22. The Morgan fingerprint density at radius 1 is 1.10 bits per heavy atom. The van der Waals surface area contributed by atoms with Crippen molar-refractivity contribution in [2.45, 2.75) is 12.6 Å². The number of nitrogen functional groups attached to an aromatic ring is 1. The molecule has 0 aromatic heterocycles. The summed E-state index contributed by atoms with van der Waals surface area (Å²) in [6, 6.07) is 12.8.